The number of hydrogen-bond acceptors (Lipinski definition) is 5. The van der Waals surface area contributed by atoms with Crippen molar-refractivity contribution in [3.63, 3.8) is 0 Å². The Labute approximate surface area is 126 Å². The third-order valence-corrected chi connectivity index (χ3v) is 4.33. The lowest BCUT2D eigenvalue weighted by molar-refractivity contribution is 0.249. The van der Waals surface area contributed by atoms with E-state index in [0.717, 1.165) is 5.56 Å². The summed E-state index contributed by atoms with van der Waals surface area (Å²) in [4.78, 5) is 15.7. The maximum atomic E-state index is 11.7. The molecule has 9 heteroatoms. The van der Waals surface area contributed by atoms with Crippen LogP contribution in [0.3, 0.4) is 0 Å². The highest BCUT2D eigenvalue weighted by molar-refractivity contribution is 7.89. The Morgan fingerprint density at radius 3 is 2.52 bits per heavy atom. The summed E-state index contributed by atoms with van der Waals surface area (Å²) in [5.74, 6) is 0. The Hall–Kier alpha value is -1.97. The normalized spacial score (nSPS) is 12.7. The highest BCUT2D eigenvalue weighted by Crippen LogP contribution is 2.16. The monoisotopic (exact) mass is 326 g/mol. The molecule has 2 aromatic rings. The molecule has 0 saturated carbocycles. The number of aromatic nitrogens is 1. The van der Waals surface area contributed by atoms with E-state index in [1.165, 1.54) is 23.5 Å². The second kappa shape index (κ2) is 6.20. The quantitative estimate of drug-likeness (QED) is 0.793. The number of sulfonamides is 1. The number of nitrogens with one attached hydrogen (secondary N) is 2. The number of rotatable bonds is 4. The third kappa shape index (κ3) is 4.25. The smallest absolute Gasteiger partial charge is 0.321 e. The Balaban J connectivity index is 2.00. The number of benzene rings is 1. The number of primary sulfonamides is 1. The van der Waals surface area contributed by atoms with Crippen molar-refractivity contribution in [2.24, 2.45) is 5.14 Å². The van der Waals surface area contributed by atoms with Crippen molar-refractivity contribution in [1.82, 2.24) is 10.3 Å². The van der Waals surface area contributed by atoms with Crippen molar-refractivity contribution in [2.75, 3.05) is 5.32 Å². The minimum atomic E-state index is -3.71. The summed E-state index contributed by atoms with van der Waals surface area (Å²) in [7, 11) is -3.71. The van der Waals surface area contributed by atoms with Crippen LogP contribution in [0.1, 0.15) is 18.5 Å². The molecule has 112 valence electrons. The second-order valence-corrected chi connectivity index (χ2v) is 6.73. The summed E-state index contributed by atoms with van der Waals surface area (Å²) in [6.07, 6.45) is 1.59. The first-order valence-electron chi connectivity index (χ1n) is 5.96. The molecule has 0 bridgehead atoms. The van der Waals surface area contributed by atoms with E-state index >= 15 is 0 Å². The van der Waals surface area contributed by atoms with Gasteiger partial charge in [-0.2, -0.15) is 0 Å². The lowest BCUT2D eigenvalue weighted by atomic mass is 10.1. The zero-order valence-corrected chi connectivity index (χ0v) is 12.7. The fourth-order valence-corrected chi connectivity index (χ4v) is 2.68. The van der Waals surface area contributed by atoms with Crippen molar-refractivity contribution < 1.29 is 13.2 Å². The average molecular weight is 326 g/mol. The lowest BCUT2D eigenvalue weighted by Gasteiger charge is -2.14. The van der Waals surface area contributed by atoms with Gasteiger partial charge >= 0.3 is 6.03 Å². The molecule has 1 aromatic carbocycles. The van der Waals surface area contributed by atoms with Gasteiger partial charge in [0.15, 0.2) is 5.13 Å². The van der Waals surface area contributed by atoms with Gasteiger partial charge in [-0.05, 0) is 24.6 Å². The molecule has 4 N–H and O–H groups in total. The van der Waals surface area contributed by atoms with E-state index in [-0.39, 0.29) is 17.0 Å². The first kappa shape index (κ1) is 15.4. The van der Waals surface area contributed by atoms with Gasteiger partial charge in [-0.15, -0.1) is 11.3 Å². The molecule has 21 heavy (non-hydrogen) atoms. The SMILES string of the molecule is CC(NC(=O)Nc1nccs1)c1ccc(S(N)(=O)=O)cc1. The van der Waals surface area contributed by atoms with Gasteiger partial charge < -0.3 is 5.32 Å². The van der Waals surface area contributed by atoms with Crippen molar-refractivity contribution in [3.05, 3.63) is 41.4 Å². The van der Waals surface area contributed by atoms with Crippen LogP contribution in [0.4, 0.5) is 9.93 Å². The Morgan fingerprint density at radius 2 is 2.00 bits per heavy atom. The largest absolute Gasteiger partial charge is 0.331 e. The highest BCUT2D eigenvalue weighted by atomic mass is 32.2. The molecule has 1 aromatic heterocycles. The topological polar surface area (TPSA) is 114 Å². The van der Waals surface area contributed by atoms with Gasteiger partial charge in [0.1, 0.15) is 0 Å². The Morgan fingerprint density at radius 1 is 1.33 bits per heavy atom. The van der Waals surface area contributed by atoms with Crippen molar-refractivity contribution in [1.29, 1.82) is 0 Å². The molecule has 2 amide bonds. The number of carbonyl (C=O) groups excluding carboxylic acids is 1. The van der Waals surface area contributed by atoms with Gasteiger partial charge in [0.05, 0.1) is 10.9 Å². The maximum absolute atomic E-state index is 11.7. The first-order valence-corrected chi connectivity index (χ1v) is 8.38. The van der Waals surface area contributed by atoms with E-state index in [4.69, 9.17) is 5.14 Å². The van der Waals surface area contributed by atoms with Gasteiger partial charge in [-0.25, -0.2) is 23.3 Å². The summed E-state index contributed by atoms with van der Waals surface area (Å²) in [5.41, 5.74) is 0.761. The lowest BCUT2D eigenvalue weighted by Crippen LogP contribution is -2.31. The minimum Gasteiger partial charge on any atom is -0.331 e. The molecular weight excluding hydrogens is 312 g/mol. The fraction of sp³-hybridized carbons (Fsp3) is 0.167. The molecule has 0 fully saturated rings. The number of carbonyl (C=O) groups is 1. The summed E-state index contributed by atoms with van der Waals surface area (Å²) in [5, 5.41) is 12.6. The predicted octanol–water partition coefficient (Wildman–Crippen LogP) is 1.67. The van der Waals surface area contributed by atoms with Gasteiger partial charge in [0, 0.05) is 11.6 Å². The molecule has 0 radical (unpaired) electrons. The molecule has 1 heterocycles. The number of amides is 2. The van der Waals surface area contributed by atoms with Gasteiger partial charge in [0.25, 0.3) is 0 Å². The molecule has 7 nitrogen and oxygen atoms in total. The molecule has 1 unspecified atom stereocenters. The van der Waals surface area contributed by atoms with Crippen LogP contribution in [0.15, 0.2) is 40.7 Å². The van der Waals surface area contributed by atoms with Crippen molar-refractivity contribution >= 4 is 32.5 Å². The predicted molar refractivity (Wildman–Crippen MR) is 80.5 cm³/mol. The van der Waals surface area contributed by atoms with Crippen LogP contribution < -0.4 is 15.8 Å². The number of anilines is 1. The number of nitrogens with zero attached hydrogens (tertiary/aromatic N) is 1. The molecule has 0 spiro atoms. The molecule has 0 aliphatic heterocycles. The van der Waals surface area contributed by atoms with Gasteiger partial charge in [-0.1, -0.05) is 12.1 Å². The zero-order valence-electron chi connectivity index (χ0n) is 11.1. The van der Waals surface area contributed by atoms with E-state index in [0.29, 0.717) is 5.13 Å². The minimum absolute atomic E-state index is 0.0330. The standard InChI is InChI=1S/C12H14N4O3S2/c1-8(15-11(17)16-12-14-6-7-20-12)9-2-4-10(5-3-9)21(13,18)19/h2-8H,1H3,(H2,13,18,19)(H2,14,15,16,17). The van der Waals surface area contributed by atoms with E-state index < -0.39 is 10.0 Å². The molecule has 2 rings (SSSR count). The Bertz CT molecular complexity index is 711. The summed E-state index contributed by atoms with van der Waals surface area (Å²) in [6, 6.07) is 5.35. The molecular formula is C12H14N4O3S2. The van der Waals surface area contributed by atoms with E-state index in [2.05, 4.69) is 15.6 Å². The Kier molecular flexibility index (Phi) is 4.56. The van der Waals surface area contributed by atoms with Crippen LogP contribution in [-0.2, 0) is 10.0 Å². The van der Waals surface area contributed by atoms with Crippen LogP contribution in [0.2, 0.25) is 0 Å². The van der Waals surface area contributed by atoms with Gasteiger partial charge in [-0.3, -0.25) is 5.32 Å². The van der Waals surface area contributed by atoms with Crippen molar-refractivity contribution in [2.45, 2.75) is 17.9 Å². The number of hydrogen-bond donors (Lipinski definition) is 3. The molecule has 0 aliphatic carbocycles. The highest BCUT2D eigenvalue weighted by Gasteiger charge is 2.12. The van der Waals surface area contributed by atoms with Crippen LogP contribution in [0.5, 0.6) is 0 Å². The van der Waals surface area contributed by atoms with Crippen LogP contribution in [0.25, 0.3) is 0 Å². The van der Waals surface area contributed by atoms with Crippen LogP contribution in [-0.4, -0.2) is 19.4 Å². The first-order chi connectivity index (χ1) is 9.86. The molecule has 1 atom stereocenters. The van der Waals surface area contributed by atoms with Gasteiger partial charge in [0.2, 0.25) is 10.0 Å². The molecule has 0 aliphatic rings. The molecule has 0 saturated heterocycles. The third-order valence-electron chi connectivity index (χ3n) is 2.71. The fourth-order valence-electron chi connectivity index (χ4n) is 1.64. The van der Waals surface area contributed by atoms with Crippen molar-refractivity contribution in [3.8, 4) is 0 Å². The van der Waals surface area contributed by atoms with E-state index in [9.17, 15) is 13.2 Å². The number of nitrogens with two attached hydrogens (primary N) is 1. The summed E-state index contributed by atoms with van der Waals surface area (Å²) < 4.78 is 22.3. The van der Waals surface area contributed by atoms with E-state index in [1.54, 1.807) is 30.6 Å². The number of thiazole rings is 1. The average Bonchev–Trinajstić information content (AvgIpc) is 2.90. The summed E-state index contributed by atoms with van der Waals surface area (Å²) in [6.45, 7) is 1.79. The zero-order chi connectivity index (χ0) is 15.5. The second-order valence-electron chi connectivity index (χ2n) is 4.27. The number of urea groups is 1. The van der Waals surface area contributed by atoms with Crippen LogP contribution >= 0.6 is 11.3 Å². The maximum Gasteiger partial charge on any atom is 0.321 e. The van der Waals surface area contributed by atoms with E-state index in [1.807, 2.05) is 0 Å². The van der Waals surface area contributed by atoms with Crippen LogP contribution in [0, 0.1) is 0 Å². The summed E-state index contributed by atoms with van der Waals surface area (Å²) >= 11 is 1.32.